The Labute approximate surface area is 137 Å². The van der Waals surface area contributed by atoms with Gasteiger partial charge in [-0.1, -0.05) is 42.5 Å². The lowest BCUT2D eigenvalue weighted by atomic mass is 10.1. The maximum atomic E-state index is 13.1. The maximum Gasteiger partial charge on any atom is 0.124 e. The zero-order valence-corrected chi connectivity index (χ0v) is 13.4. The highest BCUT2D eigenvalue weighted by Gasteiger charge is 2.27. The molecule has 1 heterocycles. The summed E-state index contributed by atoms with van der Waals surface area (Å²) in [6.07, 6.45) is 0.0176. The minimum absolute atomic E-state index is 0.0176. The van der Waals surface area contributed by atoms with E-state index in [1.165, 1.54) is 17.7 Å². The van der Waals surface area contributed by atoms with Crippen LogP contribution in [-0.4, -0.2) is 30.8 Å². The lowest BCUT2D eigenvalue weighted by Crippen LogP contribution is -2.53. The number of piperazine rings is 1. The van der Waals surface area contributed by atoms with Gasteiger partial charge in [0.15, 0.2) is 0 Å². The van der Waals surface area contributed by atoms with Crippen molar-refractivity contribution < 1.29 is 9.13 Å². The average molecular weight is 314 g/mol. The highest BCUT2D eigenvalue weighted by Crippen LogP contribution is 2.24. The molecule has 2 aromatic carbocycles. The molecular formula is C19H23FN2O. The van der Waals surface area contributed by atoms with Crippen LogP contribution in [0, 0.1) is 5.82 Å². The van der Waals surface area contributed by atoms with Crippen LogP contribution in [0.25, 0.3) is 0 Å². The molecule has 0 spiro atoms. The number of rotatable bonds is 5. The van der Waals surface area contributed by atoms with E-state index in [1.54, 1.807) is 0 Å². The van der Waals surface area contributed by atoms with Gasteiger partial charge in [-0.3, -0.25) is 4.90 Å². The number of benzene rings is 2. The first-order valence-electron chi connectivity index (χ1n) is 8.11. The van der Waals surface area contributed by atoms with Crippen LogP contribution in [0.5, 0.6) is 0 Å². The Morgan fingerprint density at radius 3 is 2.65 bits per heavy atom. The zero-order chi connectivity index (χ0) is 16.1. The van der Waals surface area contributed by atoms with Gasteiger partial charge in [-0.15, -0.1) is 0 Å². The second kappa shape index (κ2) is 7.68. The van der Waals surface area contributed by atoms with E-state index < -0.39 is 0 Å². The lowest BCUT2D eigenvalue weighted by molar-refractivity contribution is -0.0957. The van der Waals surface area contributed by atoms with Gasteiger partial charge in [0, 0.05) is 25.7 Å². The third kappa shape index (κ3) is 4.16. The summed E-state index contributed by atoms with van der Waals surface area (Å²) in [5.41, 5.74) is 2.29. The Hall–Kier alpha value is -1.75. The second-order valence-electron chi connectivity index (χ2n) is 5.92. The van der Waals surface area contributed by atoms with Gasteiger partial charge in [0.2, 0.25) is 0 Å². The molecule has 2 aromatic rings. The number of halogens is 1. The Balaban J connectivity index is 1.67. The number of hydrogen-bond acceptors (Lipinski definition) is 3. The van der Waals surface area contributed by atoms with E-state index in [2.05, 4.69) is 29.3 Å². The summed E-state index contributed by atoms with van der Waals surface area (Å²) in [4.78, 5) is 2.34. The molecule has 2 atom stereocenters. The lowest BCUT2D eigenvalue weighted by Gasteiger charge is -2.40. The molecule has 3 rings (SSSR count). The van der Waals surface area contributed by atoms with Crippen molar-refractivity contribution in [1.29, 1.82) is 0 Å². The fourth-order valence-corrected chi connectivity index (χ4v) is 2.99. The number of ether oxygens (including phenoxy) is 1. The van der Waals surface area contributed by atoms with Gasteiger partial charge in [-0.25, -0.2) is 4.39 Å². The fourth-order valence-electron chi connectivity index (χ4n) is 2.99. The number of nitrogens with zero attached hydrogens (tertiary/aromatic N) is 1. The van der Waals surface area contributed by atoms with Gasteiger partial charge in [0.1, 0.15) is 12.0 Å². The monoisotopic (exact) mass is 314 g/mol. The number of nitrogens with one attached hydrogen (secondary N) is 1. The van der Waals surface area contributed by atoms with Crippen LogP contribution in [0.15, 0.2) is 54.6 Å². The van der Waals surface area contributed by atoms with Crippen LogP contribution in [0.3, 0.4) is 0 Å². The molecule has 0 aliphatic carbocycles. The molecule has 0 radical (unpaired) electrons. The van der Waals surface area contributed by atoms with Crippen molar-refractivity contribution in [3.8, 4) is 0 Å². The van der Waals surface area contributed by atoms with Crippen LogP contribution in [0.1, 0.15) is 24.1 Å². The van der Waals surface area contributed by atoms with Crippen LogP contribution >= 0.6 is 0 Å². The Bertz CT molecular complexity index is 603. The largest absolute Gasteiger partial charge is 0.357 e. The quantitative estimate of drug-likeness (QED) is 0.916. The van der Waals surface area contributed by atoms with Crippen molar-refractivity contribution in [2.45, 2.75) is 25.8 Å². The maximum absolute atomic E-state index is 13.1. The van der Waals surface area contributed by atoms with E-state index >= 15 is 0 Å². The molecule has 0 aromatic heterocycles. The van der Waals surface area contributed by atoms with Crippen molar-refractivity contribution >= 4 is 0 Å². The molecule has 1 aliphatic rings. The van der Waals surface area contributed by atoms with Crippen molar-refractivity contribution in [3.05, 3.63) is 71.5 Å². The molecule has 1 fully saturated rings. The molecule has 4 heteroatoms. The third-order valence-corrected chi connectivity index (χ3v) is 4.37. The summed E-state index contributed by atoms with van der Waals surface area (Å²) in [6, 6.07) is 17.2. The highest BCUT2D eigenvalue weighted by molar-refractivity contribution is 5.20. The Morgan fingerprint density at radius 1 is 1.17 bits per heavy atom. The molecule has 2 unspecified atom stereocenters. The topological polar surface area (TPSA) is 24.5 Å². The summed E-state index contributed by atoms with van der Waals surface area (Å²) in [6.45, 7) is 5.41. The van der Waals surface area contributed by atoms with Crippen molar-refractivity contribution in [3.63, 3.8) is 0 Å². The molecule has 3 nitrogen and oxygen atoms in total. The van der Waals surface area contributed by atoms with Gasteiger partial charge in [-0.2, -0.15) is 0 Å². The first-order chi connectivity index (χ1) is 11.2. The molecule has 0 saturated carbocycles. The van der Waals surface area contributed by atoms with E-state index in [4.69, 9.17) is 4.74 Å². The van der Waals surface area contributed by atoms with Gasteiger partial charge < -0.3 is 10.1 Å². The zero-order valence-electron chi connectivity index (χ0n) is 13.4. The van der Waals surface area contributed by atoms with Crippen molar-refractivity contribution in [2.75, 3.05) is 19.6 Å². The van der Waals surface area contributed by atoms with Crippen LogP contribution in [0.2, 0.25) is 0 Å². The number of hydrogen-bond donors (Lipinski definition) is 1. The third-order valence-electron chi connectivity index (χ3n) is 4.37. The normalized spacial score (nSPS) is 20.3. The molecule has 1 saturated heterocycles. The summed E-state index contributed by atoms with van der Waals surface area (Å²) >= 11 is 0. The molecule has 122 valence electrons. The van der Waals surface area contributed by atoms with Crippen molar-refractivity contribution in [2.24, 2.45) is 0 Å². The SMILES string of the molecule is CC(c1ccc(F)cc1)N1CCNCC1OCc1ccccc1. The van der Waals surface area contributed by atoms with Gasteiger partial charge in [0.05, 0.1) is 6.61 Å². The van der Waals surface area contributed by atoms with E-state index in [9.17, 15) is 4.39 Å². The first-order valence-corrected chi connectivity index (χ1v) is 8.11. The van der Waals surface area contributed by atoms with Crippen LogP contribution in [-0.2, 0) is 11.3 Å². The smallest absolute Gasteiger partial charge is 0.124 e. The Kier molecular flexibility index (Phi) is 5.39. The standard InChI is InChI=1S/C19H23FN2O/c1-15(17-7-9-18(20)10-8-17)22-12-11-21-13-19(22)23-14-16-5-3-2-4-6-16/h2-10,15,19,21H,11-14H2,1H3. The van der Waals surface area contributed by atoms with Crippen molar-refractivity contribution in [1.82, 2.24) is 10.2 Å². The van der Waals surface area contributed by atoms with E-state index in [-0.39, 0.29) is 18.1 Å². The van der Waals surface area contributed by atoms with E-state index in [0.29, 0.717) is 6.61 Å². The van der Waals surface area contributed by atoms with Gasteiger partial charge in [-0.05, 0) is 30.2 Å². The average Bonchev–Trinajstić information content (AvgIpc) is 2.61. The summed E-state index contributed by atoms with van der Waals surface area (Å²) in [5, 5.41) is 3.39. The predicted octanol–water partition coefficient (Wildman–Crippen LogP) is 3.33. The summed E-state index contributed by atoms with van der Waals surface area (Å²) in [5.74, 6) is -0.196. The minimum Gasteiger partial charge on any atom is -0.357 e. The first kappa shape index (κ1) is 16.1. The molecular weight excluding hydrogens is 291 g/mol. The summed E-state index contributed by atoms with van der Waals surface area (Å²) in [7, 11) is 0. The molecule has 23 heavy (non-hydrogen) atoms. The molecule has 1 aliphatic heterocycles. The molecule has 0 bridgehead atoms. The van der Waals surface area contributed by atoms with E-state index in [0.717, 1.165) is 25.2 Å². The summed E-state index contributed by atoms with van der Waals surface area (Å²) < 4.78 is 19.3. The second-order valence-corrected chi connectivity index (χ2v) is 5.92. The Morgan fingerprint density at radius 2 is 1.91 bits per heavy atom. The predicted molar refractivity (Wildman–Crippen MR) is 89.4 cm³/mol. The van der Waals surface area contributed by atoms with Crippen LogP contribution in [0.4, 0.5) is 4.39 Å². The van der Waals surface area contributed by atoms with Gasteiger partial charge in [0.25, 0.3) is 0 Å². The minimum atomic E-state index is -0.196. The fraction of sp³-hybridized carbons (Fsp3) is 0.368. The van der Waals surface area contributed by atoms with Gasteiger partial charge >= 0.3 is 0 Å². The molecule has 1 N–H and O–H groups in total. The highest BCUT2D eigenvalue weighted by atomic mass is 19.1. The van der Waals surface area contributed by atoms with Crippen LogP contribution < -0.4 is 5.32 Å². The molecule has 0 amide bonds. The van der Waals surface area contributed by atoms with E-state index in [1.807, 2.05) is 30.3 Å².